The normalized spacial score (nSPS) is 11.3. The number of halogens is 3. The van der Waals surface area contributed by atoms with Crippen LogP contribution in [0.2, 0.25) is 10.0 Å². The third-order valence-electron chi connectivity index (χ3n) is 2.96. The van der Waals surface area contributed by atoms with Gasteiger partial charge < -0.3 is 5.32 Å². The summed E-state index contributed by atoms with van der Waals surface area (Å²) in [5.74, 6) is -1.57. The van der Waals surface area contributed by atoms with Gasteiger partial charge in [-0.15, -0.1) is 0 Å². The topological polar surface area (TPSA) is 75.3 Å². The van der Waals surface area contributed by atoms with Gasteiger partial charge in [0.25, 0.3) is 0 Å². The van der Waals surface area contributed by atoms with Crippen LogP contribution < -0.4 is 10.0 Å². The molecule has 0 fully saturated rings. The molecule has 0 unspecified atom stereocenters. The highest BCUT2D eigenvalue weighted by Gasteiger charge is 2.15. The van der Waals surface area contributed by atoms with Crippen molar-refractivity contribution in [1.82, 2.24) is 4.72 Å². The Hall–Kier alpha value is -1.67. The van der Waals surface area contributed by atoms with E-state index >= 15 is 0 Å². The predicted octanol–water partition coefficient (Wildman–Crippen LogP) is 3.19. The summed E-state index contributed by atoms with van der Waals surface area (Å²) >= 11 is 11.5. The molecule has 5 nitrogen and oxygen atoms in total. The van der Waals surface area contributed by atoms with Crippen molar-refractivity contribution >= 4 is 44.8 Å². The summed E-state index contributed by atoms with van der Waals surface area (Å²) in [6.45, 7) is -0.470. The molecule has 9 heteroatoms. The molecule has 24 heavy (non-hydrogen) atoms. The lowest BCUT2D eigenvalue weighted by Gasteiger charge is -2.09. The molecule has 0 saturated carbocycles. The van der Waals surface area contributed by atoms with Gasteiger partial charge in [0.1, 0.15) is 5.82 Å². The van der Waals surface area contributed by atoms with E-state index in [0.717, 1.165) is 6.07 Å². The zero-order valence-corrected chi connectivity index (χ0v) is 14.6. The van der Waals surface area contributed by atoms with E-state index in [4.69, 9.17) is 23.2 Å². The quantitative estimate of drug-likeness (QED) is 0.794. The minimum absolute atomic E-state index is 0.146. The predicted molar refractivity (Wildman–Crippen MR) is 92.1 cm³/mol. The Kier molecular flexibility index (Phi) is 6.17. The van der Waals surface area contributed by atoms with Crippen molar-refractivity contribution in [2.75, 3.05) is 11.9 Å². The maximum absolute atomic E-state index is 13.0. The first-order chi connectivity index (χ1) is 11.3. The number of nitrogens with one attached hydrogen (secondary N) is 2. The van der Waals surface area contributed by atoms with E-state index in [1.165, 1.54) is 12.1 Å². The third-order valence-corrected chi connectivity index (χ3v) is 4.89. The van der Waals surface area contributed by atoms with Gasteiger partial charge in [0.05, 0.1) is 17.3 Å². The lowest BCUT2D eigenvalue weighted by atomic mass is 10.2. The first kappa shape index (κ1) is 18.7. The Balaban J connectivity index is 1.92. The average molecular weight is 391 g/mol. The summed E-state index contributed by atoms with van der Waals surface area (Å²) < 4.78 is 39.2. The van der Waals surface area contributed by atoms with E-state index in [1.54, 1.807) is 24.3 Å². The van der Waals surface area contributed by atoms with Crippen molar-refractivity contribution in [3.05, 3.63) is 63.9 Å². The Morgan fingerprint density at radius 2 is 1.79 bits per heavy atom. The molecule has 0 aliphatic rings. The zero-order chi connectivity index (χ0) is 17.7. The van der Waals surface area contributed by atoms with Crippen LogP contribution in [0.4, 0.5) is 10.1 Å². The summed E-state index contributed by atoms with van der Waals surface area (Å²) in [6, 6.07) is 10.2. The molecule has 0 radical (unpaired) electrons. The van der Waals surface area contributed by atoms with E-state index in [0.29, 0.717) is 10.6 Å². The third kappa shape index (κ3) is 5.45. The van der Waals surface area contributed by atoms with Crippen LogP contribution in [0.1, 0.15) is 5.56 Å². The van der Waals surface area contributed by atoms with E-state index in [-0.39, 0.29) is 16.5 Å². The van der Waals surface area contributed by atoms with Gasteiger partial charge in [-0.3, -0.25) is 4.79 Å². The lowest BCUT2D eigenvalue weighted by molar-refractivity contribution is -0.115. The second kappa shape index (κ2) is 7.94. The lowest BCUT2D eigenvalue weighted by Crippen LogP contribution is -2.33. The number of hydrogen-bond donors (Lipinski definition) is 2. The van der Waals surface area contributed by atoms with Crippen LogP contribution in [0.5, 0.6) is 0 Å². The summed E-state index contributed by atoms with van der Waals surface area (Å²) in [5, 5.41) is 2.60. The van der Waals surface area contributed by atoms with Gasteiger partial charge >= 0.3 is 0 Å². The van der Waals surface area contributed by atoms with Crippen molar-refractivity contribution in [3.8, 4) is 0 Å². The number of carbonyl (C=O) groups is 1. The van der Waals surface area contributed by atoms with E-state index in [2.05, 4.69) is 10.0 Å². The molecule has 0 aliphatic carbocycles. The highest BCUT2D eigenvalue weighted by atomic mass is 35.5. The van der Waals surface area contributed by atoms with Crippen LogP contribution >= 0.6 is 23.2 Å². The number of rotatable bonds is 6. The van der Waals surface area contributed by atoms with Crippen LogP contribution in [-0.4, -0.2) is 20.9 Å². The van der Waals surface area contributed by atoms with Crippen molar-refractivity contribution in [3.63, 3.8) is 0 Å². The number of carbonyl (C=O) groups excluding carboxylic acids is 1. The largest absolute Gasteiger partial charge is 0.325 e. The first-order valence-corrected chi connectivity index (χ1v) is 9.13. The number of benzene rings is 2. The number of hydrogen-bond acceptors (Lipinski definition) is 3. The highest BCUT2D eigenvalue weighted by Crippen LogP contribution is 2.19. The van der Waals surface area contributed by atoms with E-state index in [1.807, 2.05) is 0 Å². The maximum Gasteiger partial charge on any atom is 0.239 e. The maximum atomic E-state index is 13.0. The molecule has 0 bridgehead atoms. The molecule has 2 aromatic carbocycles. The fraction of sp³-hybridized carbons (Fsp3) is 0.133. The second-order valence-corrected chi connectivity index (χ2v) is 7.47. The average Bonchev–Trinajstić information content (AvgIpc) is 2.51. The molecule has 2 rings (SSSR count). The van der Waals surface area contributed by atoms with Gasteiger partial charge in [0.15, 0.2) is 0 Å². The fourth-order valence-corrected chi connectivity index (χ4v) is 3.40. The van der Waals surface area contributed by atoms with Gasteiger partial charge in [-0.25, -0.2) is 17.5 Å². The van der Waals surface area contributed by atoms with Crippen LogP contribution in [0, 0.1) is 5.82 Å². The number of anilines is 1. The minimum Gasteiger partial charge on any atom is -0.325 e. The number of amides is 1. The van der Waals surface area contributed by atoms with Gasteiger partial charge in [-0.05, 0) is 29.8 Å². The Morgan fingerprint density at radius 3 is 2.46 bits per heavy atom. The van der Waals surface area contributed by atoms with Crippen molar-refractivity contribution in [2.45, 2.75) is 5.75 Å². The molecule has 0 saturated heterocycles. The van der Waals surface area contributed by atoms with Crippen LogP contribution in [0.15, 0.2) is 42.5 Å². The van der Waals surface area contributed by atoms with E-state index in [9.17, 15) is 17.6 Å². The molecule has 0 spiro atoms. The van der Waals surface area contributed by atoms with Gasteiger partial charge in [-0.2, -0.15) is 0 Å². The molecule has 0 aliphatic heterocycles. The molecular formula is C15H13Cl2FN2O3S. The molecule has 128 valence electrons. The van der Waals surface area contributed by atoms with Crippen molar-refractivity contribution in [1.29, 1.82) is 0 Å². The Labute approximate surface area is 148 Å². The fourth-order valence-electron chi connectivity index (χ4n) is 1.83. The van der Waals surface area contributed by atoms with Crippen molar-refractivity contribution < 1.29 is 17.6 Å². The second-order valence-electron chi connectivity index (χ2n) is 4.85. The smallest absolute Gasteiger partial charge is 0.239 e. The monoisotopic (exact) mass is 390 g/mol. The molecule has 2 aromatic rings. The Bertz CT molecular complexity index is 860. The number of sulfonamides is 1. The summed E-state index contributed by atoms with van der Waals surface area (Å²) in [4.78, 5) is 11.8. The van der Waals surface area contributed by atoms with Gasteiger partial charge in [-0.1, -0.05) is 41.4 Å². The van der Waals surface area contributed by atoms with Crippen LogP contribution in [0.25, 0.3) is 0 Å². The van der Waals surface area contributed by atoms with Gasteiger partial charge in [0.2, 0.25) is 15.9 Å². The summed E-state index contributed by atoms with van der Waals surface area (Å²) in [7, 11) is -3.74. The highest BCUT2D eigenvalue weighted by molar-refractivity contribution is 7.88. The van der Waals surface area contributed by atoms with E-state index < -0.39 is 28.3 Å². The van der Waals surface area contributed by atoms with Crippen LogP contribution in [0.3, 0.4) is 0 Å². The minimum atomic E-state index is -3.74. The summed E-state index contributed by atoms with van der Waals surface area (Å²) in [6.07, 6.45) is 0. The standard InChI is InChI=1S/C15H13Cl2FN2O3S/c16-12-4-2-1-3-10(12)9-24(22,23)19-8-15(21)20-11-5-6-14(18)13(17)7-11/h1-7,19H,8-9H2,(H,20,21). The Morgan fingerprint density at radius 1 is 1.08 bits per heavy atom. The summed E-state index contributed by atoms with van der Waals surface area (Å²) in [5.41, 5.74) is 0.689. The molecule has 2 N–H and O–H groups in total. The molecule has 0 atom stereocenters. The molecule has 0 aromatic heterocycles. The van der Waals surface area contributed by atoms with Crippen molar-refractivity contribution in [2.24, 2.45) is 0 Å². The van der Waals surface area contributed by atoms with Crippen LogP contribution in [-0.2, 0) is 20.6 Å². The molecular weight excluding hydrogens is 378 g/mol. The van der Waals surface area contributed by atoms with Gasteiger partial charge in [0, 0.05) is 10.7 Å². The first-order valence-electron chi connectivity index (χ1n) is 6.72. The zero-order valence-electron chi connectivity index (χ0n) is 12.2. The molecule has 0 heterocycles. The molecule has 1 amide bonds. The SMILES string of the molecule is O=C(CNS(=O)(=O)Cc1ccccc1Cl)Nc1ccc(F)c(Cl)c1.